The summed E-state index contributed by atoms with van der Waals surface area (Å²) in [5.41, 5.74) is 1.37. The summed E-state index contributed by atoms with van der Waals surface area (Å²) < 4.78 is 5.25. The van der Waals surface area contributed by atoms with Crippen molar-refractivity contribution in [1.82, 2.24) is 0 Å². The van der Waals surface area contributed by atoms with Crippen LogP contribution in [0.25, 0.3) is 0 Å². The molecule has 46 valence electrons. The van der Waals surface area contributed by atoms with Crippen LogP contribution in [0.5, 0.6) is 0 Å². The lowest BCUT2D eigenvalue weighted by molar-refractivity contribution is 0.353. The first-order chi connectivity index (χ1) is 3.54. The first-order valence-electron chi connectivity index (χ1n) is 2.91. The summed E-state index contributed by atoms with van der Waals surface area (Å²) in [6, 6.07) is 0. The second-order valence-electron chi connectivity index (χ2n) is 2.94. The van der Waals surface area contributed by atoms with E-state index in [1.54, 1.807) is 0 Å². The topological polar surface area (TPSA) is 12.5 Å². The monoisotopic (exact) mass is 112 g/mol. The number of ether oxygens (including phenoxy) is 1. The van der Waals surface area contributed by atoms with Gasteiger partial charge in [0.25, 0.3) is 0 Å². The molecular formula is C7H12O. The summed E-state index contributed by atoms with van der Waals surface area (Å²) in [5, 5.41) is 0. The first-order valence-corrected chi connectivity index (χ1v) is 2.91. The van der Waals surface area contributed by atoms with Gasteiger partial charge in [0.1, 0.15) is 5.76 Å². The molecule has 0 saturated carbocycles. The average molecular weight is 112 g/mol. The van der Waals surface area contributed by atoms with Gasteiger partial charge in [-0.25, -0.2) is 0 Å². The van der Waals surface area contributed by atoms with Crippen molar-refractivity contribution in [3.05, 3.63) is 11.3 Å². The molecular weight excluding hydrogens is 100 g/mol. The van der Waals surface area contributed by atoms with Crippen LogP contribution in [0, 0.1) is 0 Å². The Bertz CT molecular complexity index is 138. The zero-order valence-electron chi connectivity index (χ0n) is 5.91. The zero-order valence-corrected chi connectivity index (χ0v) is 5.91. The van der Waals surface area contributed by atoms with E-state index >= 15 is 0 Å². The molecule has 1 heterocycles. The van der Waals surface area contributed by atoms with Gasteiger partial charge in [-0.05, 0) is 33.3 Å². The molecule has 0 N–H and O–H groups in total. The third kappa shape index (κ3) is 0.726. The Morgan fingerprint density at radius 3 is 1.75 bits per heavy atom. The van der Waals surface area contributed by atoms with Crippen LogP contribution in [-0.4, -0.2) is 5.60 Å². The van der Waals surface area contributed by atoms with E-state index in [0.29, 0.717) is 0 Å². The van der Waals surface area contributed by atoms with Crippen molar-refractivity contribution < 1.29 is 4.74 Å². The van der Waals surface area contributed by atoms with Gasteiger partial charge in [-0.15, -0.1) is 0 Å². The zero-order chi connectivity index (χ0) is 6.36. The summed E-state index contributed by atoms with van der Waals surface area (Å²) in [6.45, 7) is 8.30. The lowest BCUT2D eigenvalue weighted by Gasteiger charge is -1.83. The Labute approximate surface area is 50.3 Å². The lowest BCUT2D eigenvalue weighted by Crippen LogP contribution is -1.91. The Balaban J connectivity index is 2.73. The highest BCUT2D eigenvalue weighted by molar-refractivity contribution is 5.25. The van der Waals surface area contributed by atoms with Crippen molar-refractivity contribution in [2.75, 3.05) is 0 Å². The maximum Gasteiger partial charge on any atom is 0.160 e. The molecule has 1 aliphatic rings. The molecule has 1 nitrogen and oxygen atoms in total. The molecule has 0 aromatic carbocycles. The van der Waals surface area contributed by atoms with Crippen molar-refractivity contribution >= 4 is 0 Å². The van der Waals surface area contributed by atoms with Crippen molar-refractivity contribution in [2.24, 2.45) is 0 Å². The van der Waals surface area contributed by atoms with Gasteiger partial charge in [-0.3, -0.25) is 0 Å². The first kappa shape index (κ1) is 5.67. The Hall–Kier alpha value is -0.460. The average Bonchev–Trinajstić information content (AvgIpc) is 2.13. The minimum absolute atomic E-state index is 0.0683. The fraction of sp³-hybridized carbons (Fsp3) is 0.714. The van der Waals surface area contributed by atoms with Crippen LogP contribution in [0.3, 0.4) is 0 Å². The predicted molar refractivity (Wildman–Crippen MR) is 33.5 cm³/mol. The van der Waals surface area contributed by atoms with E-state index in [9.17, 15) is 0 Å². The number of hydrogen-bond donors (Lipinski definition) is 0. The van der Waals surface area contributed by atoms with E-state index in [1.165, 1.54) is 5.57 Å². The quantitative estimate of drug-likeness (QED) is 0.437. The molecule has 0 atom stereocenters. The number of allylic oxidation sites excluding steroid dienone is 1. The van der Waals surface area contributed by atoms with E-state index < -0.39 is 0 Å². The molecule has 0 bridgehead atoms. The summed E-state index contributed by atoms with van der Waals surface area (Å²) in [6.07, 6.45) is 0. The highest BCUT2D eigenvalue weighted by Gasteiger charge is 2.43. The molecule has 1 rings (SSSR count). The third-order valence-electron chi connectivity index (χ3n) is 1.32. The smallest absolute Gasteiger partial charge is 0.160 e. The van der Waals surface area contributed by atoms with Gasteiger partial charge in [-0.1, -0.05) is 0 Å². The molecule has 0 aromatic rings. The van der Waals surface area contributed by atoms with Crippen molar-refractivity contribution in [1.29, 1.82) is 0 Å². The van der Waals surface area contributed by atoms with Crippen LogP contribution in [0.1, 0.15) is 27.7 Å². The molecule has 1 heteroatoms. The minimum atomic E-state index is 0.0683. The van der Waals surface area contributed by atoms with Gasteiger partial charge in [0, 0.05) is 0 Å². The van der Waals surface area contributed by atoms with Gasteiger partial charge in [0.2, 0.25) is 0 Å². The highest BCUT2D eigenvalue weighted by Crippen LogP contribution is 2.41. The van der Waals surface area contributed by atoms with Crippen LogP contribution in [0.15, 0.2) is 11.3 Å². The minimum Gasteiger partial charge on any atom is -0.480 e. The lowest BCUT2D eigenvalue weighted by atomic mass is 10.1. The third-order valence-corrected chi connectivity index (χ3v) is 1.32. The fourth-order valence-corrected chi connectivity index (χ4v) is 0.934. The predicted octanol–water partition coefficient (Wildman–Crippen LogP) is 2.09. The number of rotatable bonds is 0. The van der Waals surface area contributed by atoms with Crippen LogP contribution >= 0.6 is 0 Å². The Kier molecular flexibility index (Phi) is 0.905. The van der Waals surface area contributed by atoms with Gasteiger partial charge in [0.15, 0.2) is 5.60 Å². The number of epoxide rings is 1. The molecule has 1 aliphatic heterocycles. The summed E-state index contributed by atoms with van der Waals surface area (Å²) >= 11 is 0. The molecule has 0 aromatic heterocycles. The SMILES string of the molecule is CC(C)=C1OC1(C)C. The highest BCUT2D eigenvalue weighted by atomic mass is 16.6. The second-order valence-corrected chi connectivity index (χ2v) is 2.94. The largest absolute Gasteiger partial charge is 0.480 e. The van der Waals surface area contributed by atoms with Crippen molar-refractivity contribution in [3.8, 4) is 0 Å². The van der Waals surface area contributed by atoms with Gasteiger partial charge in [0.05, 0.1) is 0 Å². The molecule has 0 amide bonds. The Morgan fingerprint density at radius 1 is 1.38 bits per heavy atom. The van der Waals surface area contributed by atoms with Gasteiger partial charge >= 0.3 is 0 Å². The van der Waals surface area contributed by atoms with E-state index in [1.807, 2.05) is 0 Å². The van der Waals surface area contributed by atoms with Gasteiger partial charge in [-0.2, -0.15) is 0 Å². The normalized spacial score (nSPS) is 22.2. The van der Waals surface area contributed by atoms with Crippen molar-refractivity contribution in [3.63, 3.8) is 0 Å². The summed E-state index contributed by atoms with van der Waals surface area (Å²) in [7, 11) is 0. The molecule has 0 spiro atoms. The van der Waals surface area contributed by atoms with Crippen LogP contribution in [-0.2, 0) is 4.74 Å². The second kappa shape index (κ2) is 1.28. The van der Waals surface area contributed by atoms with E-state index in [0.717, 1.165) is 5.76 Å². The van der Waals surface area contributed by atoms with E-state index in [-0.39, 0.29) is 5.60 Å². The number of hydrogen-bond acceptors (Lipinski definition) is 1. The van der Waals surface area contributed by atoms with Gasteiger partial charge < -0.3 is 4.74 Å². The molecule has 1 fully saturated rings. The maximum absolute atomic E-state index is 5.25. The van der Waals surface area contributed by atoms with Crippen LogP contribution < -0.4 is 0 Å². The van der Waals surface area contributed by atoms with E-state index in [4.69, 9.17) is 4.74 Å². The fourth-order valence-electron chi connectivity index (χ4n) is 0.934. The molecule has 0 unspecified atom stereocenters. The molecule has 1 saturated heterocycles. The molecule has 0 radical (unpaired) electrons. The summed E-state index contributed by atoms with van der Waals surface area (Å²) in [4.78, 5) is 0. The maximum atomic E-state index is 5.25. The van der Waals surface area contributed by atoms with Crippen LogP contribution in [0.4, 0.5) is 0 Å². The molecule has 0 aliphatic carbocycles. The van der Waals surface area contributed by atoms with Crippen molar-refractivity contribution in [2.45, 2.75) is 33.3 Å². The van der Waals surface area contributed by atoms with Crippen LogP contribution in [0.2, 0.25) is 0 Å². The standard InChI is InChI=1S/C7H12O/c1-5(2)6-7(3,4)8-6/h1-4H3. The Morgan fingerprint density at radius 2 is 1.75 bits per heavy atom. The van der Waals surface area contributed by atoms with E-state index in [2.05, 4.69) is 27.7 Å². The molecule has 8 heavy (non-hydrogen) atoms. The summed E-state index contributed by atoms with van der Waals surface area (Å²) in [5.74, 6) is 1.16.